The van der Waals surface area contributed by atoms with Crippen LogP contribution < -0.4 is 0 Å². The van der Waals surface area contributed by atoms with Crippen molar-refractivity contribution < 1.29 is 13.9 Å². The van der Waals surface area contributed by atoms with Gasteiger partial charge in [-0.15, -0.1) is 0 Å². The van der Waals surface area contributed by atoms with Gasteiger partial charge < -0.3 is 5.11 Å². The molecule has 0 aliphatic rings. The molecule has 1 nitrogen and oxygen atoms in total. The van der Waals surface area contributed by atoms with Crippen molar-refractivity contribution in [2.75, 3.05) is 0 Å². The van der Waals surface area contributed by atoms with Crippen LogP contribution in [0.5, 0.6) is 0 Å². The third-order valence-electron chi connectivity index (χ3n) is 3.59. The summed E-state index contributed by atoms with van der Waals surface area (Å²) in [7, 11) is 0. The lowest BCUT2D eigenvalue weighted by atomic mass is 9.97. The van der Waals surface area contributed by atoms with Crippen molar-refractivity contribution in [3.05, 3.63) is 46.0 Å². The van der Waals surface area contributed by atoms with Crippen LogP contribution in [-0.2, 0) is 0 Å². The molecule has 0 saturated heterocycles. The van der Waals surface area contributed by atoms with Crippen molar-refractivity contribution >= 4 is 15.9 Å². The van der Waals surface area contributed by atoms with Crippen LogP contribution in [0.4, 0.5) is 8.78 Å². The van der Waals surface area contributed by atoms with Crippen LogP contribution in [0.2, 0.25) is 0 Å². The number of aliphatic hydroxyl groups is 1. The molecule has 1 aromatic carbocycles. The summed E-state index contributed by atoms with van der Waals surface area (Å²) in [6.07, 6.45) is 6.25. The molecule has 0 bridgehead atoms. The molecule has 4 heteroatoms. The Balaban J connectivity index is 2.53. The maximum Gasteiger partial charge on any atom is 0.166 e. The molecule has 0 heterocycles. The fourth-order valence-electron chi connectivity index (χ4n) is 2.27. The van der Waals surface area contributed by atoms with E-state index in [0.29, 0.717) is 16.5 Å². The topological polar surface area (TPSA) is 20.2 Å². The highest BCUT2D eigenvalue weighted by atomic mass is 79.9. The number of rotatable bonds is 9. The molecule has 0 amide bonds. The monoisotopic (exact) mass is 360 g/mol. The molecule has 1 atom stereocenters. The van der Waals surface area contributed by atoms with E-state index in [0.717, 1.165) is 25.3 Å². The van der Waals surface area contributed by atoms with E-state index < -0.39 is 17.7 Å². The Morgan fingerprint density at radius 1 is 1.19 bits per heavy atom. The molecule has 1 unspecified atom stereocenters. The highest BCUT2D eigenvalue weighted by molar-refractivity contribution is 9.10. The zero-order valence-electron chi connectivity index (χ0n) is 12.5. The van der Waals surface area contributed by atoms with Crippen LogP contribution in [-0.4, -0.2) is 5.11 Å². The molecule has 0 aromatic heterocycles. The molecule has 1 aromatic rings. The molecule has 118 valence electrons. The predicted octanol–water partition coefficient (Wildman–Crippen LogP) is 6.07. The fourth-order valence-corrected chi connectivity index (χ4v) is 2.79. The lowest BCUT2D eigenvalue weighted by Crippen LogP contribution is -2.06. The summed E-state index contributed by atoms with van der Waals surface area (Å²) in [4.78, 5) is 0. The third kappa shape index (κ3) is 5.51. The third-order valence-corrected chi connectivity index (χ3v) is 4.28. The van der Waals surface area contributed by atoms with Gasteiger partial charge in [-0.1, -0.05) is 61.5 Å². The predicted molar refractivity (Wildman–Crippen MR) is 86.2 cm³/mol. The minimum absolute atomic E-state index is 0.0639. The van der Waals surface area contributed by atoms with E-state index in [9.17, 15) is 13.9 Å². The van der Waals surface area contributed by atoms with Gasteiger partial charge in [0.2, 0.25) is 0 Å². The van der Waals surface area contributed by atoms with Gasteiger partial charge in [0.15, 0.2) is 11.6 Å². The van der Waals surface area contributed by atoms with Gasteiger partial charge in [-0.05, 0) is 30.5 Å². The van der Waals surface area contributed by atoms with E-state index in [1.54, 1.807) is 0 Å². The minimum Gasteiger partial charge on any atom is -0.384 e. The normalized spacial score (nSPS) is 12.4. The molecule has 21 heavy (non-hydrogen) atoms. The van der Waals surface area contributed by atoms with Crippen LogP contribution >= 0.6 is 15.9 Å². The molecule has 1 N–H and O–H groups in total. The van der Waals surface area contributed by atoms with Gasteiger partial charge in [-0.2, -0.15) is 0 Å². The number of benzene rings is 1. The van der Waals surface area contributed by atoms with Crippen LogP contribution in [0, 0.1) is 11.6 Å². The van der Waals surface area contributed by atoms with Gasteiger partial charge in [0.25, 0.3) is 0 Å². The van der Waals surface area contributed by atoms with Gasteiger partial charge in [0.1, 0.15) is 6.10 Å². The van der Waals surface area contributed by atoms with Gasteiger partial charge in [0.05, 0.1) is 0 Å². The first-order valence-corrected chi connectivity index (χ1v) is 8.27. The van der Waals surface area contributed by atoms with Gasteiger partial charge in [-0.25, -0.2) is 8.78 Å². The lowest BCUT2D eigenvalue weighted by molar-refractivity contribution is 0.203. The average Bonchev–Trinajstić information content (AvgIpc) is 2.46. The van der Waals surface area contributed by atoms with Crippen LogP contribution in [0.1, 0.15) is 63.5 Å². The first-order chi connectivity index (χ1) is 9.99. The first-order valence-electron chi connectivity index (χ1n) is 7.48. The molecule has 0 radical (unpaired) electrons. The van der Waals surface area contributed by atoms with E-state index in [2.05, 4.69) is 29.4 Å². The van der Waals surface area contributed by atoms with E-state index in [1.165, 1.54) is 25.3 Å². The minimum atomic E-state index is -1.18. The Bertz CT molecular complexity index is 474. The van der Waals surface area contributed by atoms with E-state index in [-0.39, 0.29) is 5.56 Å². The number of halogens is 3. The molecular formula is C17H23BrF2O. The largest absolute Gasteiger partial charge is 0.384 e. The van der Waals surface area contributed by atoms with Gasteiger partial charge in [0, 0.05) is 10.0 Å². The molecule has 1 rings (SSSR count). The second-order valence-electron chi connectivity index (χ2n) is 5.34. The van der Waals surface area contributed by atoms with Crippen LogP contribution in [0.3, 0.4) is 0 Å². The number of hydrogen-bond donors (Lipinski definition) is 1. The van der Waals surface area contributed by atoms with Gasteiger partial charge in [-0.3, -0.25) is 0 Å². The quantitative estimate of drug-likeness (QED) is 0.322. The summed E-state index contributed by atoms with van der Waals surface area (Å²) in [5, 5.41) is 10.2. The van der Waals surface area contributed by atoms with Crippen molar-refractivity contribution in [3.63, 3.8) is 0 Å². The van der Waals surface area contributed by atoms with Crippen molar-refractivity contribution in [3.8, 4) is 0 Å². The summed E-state index contributed by atoms with van der Waals surface area (Å²) in [5.41, 5.74) is 0.460. The highest BCUT2D eigenvalue weighted by Crippen LogP contribution is 2.33. The maximum atomic E-state index is 13.8. The SMILES string of the molecule is C=C(CCCCCCCC)C(O)c1c(Br)ccc(F)c1F. The molecule has 0 aliphatic heterocycles. The van der Waals surface area contributed by atoms with E-state index in [4.69, 9.17) is 0 Å². The summed E-state index contributed by atoms with van der Waals surface area (Å²) in [6, 6.07) is 2.43. The van der Waals surface area contributed by atoms with E-state index in [1.807, 2.05) is 0 Å². The molecule has 0 aliphatic carbocycles. The molecule has 0 saturated carbocycles. The van der Waals surface area contributed by atoms with Crippen LogP contribution in [0.25, 0.3) is 0 Å². The molecule has 0 fully saturated rings. The zero-order valence-corrected chi connectivity index (χ0v) is 14.1. The van der Waals surface area contributed by atoms with Crippen molar-refractivity contribution in [1.29, 1.82) is 0 Å². The Kier molecular flexibility index (Phi) is 8.12. The average molecular weight is 361 g/mol. The van der Waals surface area contributed by atoms with Crippen molar-refractivity contribution in [1.82, 2.24) is 0 Å². The Morgan fingerprint density at radius 2 is 1.81 bits per heavy atom. The Morgan fingerprint density at radius 3 is 2.48 bits per heavy atom. The summed E-state index contributed by atoms with van der Waals surface area (Å²) >= 11 is 3.15. The summed E-state index contributed by atoms with van der Waals surface area (Å²) < 4.78 is 27.4. The smallest absolute Gasteiger partial charge is 0.166 e. The molecule has 0 spiro atoms. The van der Waals surface area contributed by atoms with Gasteiger partial charge >= 0.3 is 0 Å². The number of hydrogen-bond acceptors (Lipinski definition) is 1. The Labute approximate surface area is 134 Å². The fraction of sp³-hybridized carbons (Fsp3) is 0.529. The highest BCUT2D eigenvalue weighted by Gasteiger charge is 2.21. The Hall–Kier alpha value is -0.740. The van der Waals surface area contributed by atoms with Crippen molar-refractivity contribution in [2.24, 2.45) is 0 Å². The number of aliphatic hydroxyl groups excluding tert-OH is 1. The second-order valence-corrected chi connectivity index (χ2v) is 6.19. The zero-order chi connectivity index (χ0) is 15.8. The molecular weight excluding hydrogens is 338 g/mol. The first kappa shape index (κ1) is 18.3. The number of unbranched alkanes of at least 4 members (excludes halogenated alkanes) is 5. The summed E-state index contributed by atoms with van der Waals surface area (Å²) in [6.45, 7) is 5.99. The maximum absolute atomic E-state index is 13.8. The van der Waals surface area contributed by atoms with Crippen LogP contribution in [0.15, 0.2) is 28.8 Å². The lowest BCUT2D eigenvalue weighted by Gasteiger charge is -2.17. The second kappa shape index (κ2) is 9.31. The standard InChI is InChI=1S/C17H23BrF2O/c1-3-4-5-6-7-8-9-12(2)17(21)15-13(18)10-11-14(19)16(15)20/h10-11,17,21H,2-9H2,1H3. The summed E-state index contributed by atoms with van der Waals surface area (Å²) in [5.74, 6) is -1.97. The van der Waals surface area contributed by atoms with Crippen molar-refractivity contribution in [2.45, 2.75) is 58.0 Å². The van der Waals surface area contributed by atoms with E-state index >= 15 is 0 Å².